The quantitative estimate of drug-likeness (QED) is 0.737. The maximum absolute atomic E-state index is 13.8. The Labute approximate surface area is 108 Å². The van der Waals surface area contributed by atoms with E-state index in [-0.39, 0.29) is 11.6 Å². The minimum Gasteiger partial charge on any atom is -0.454 e. The monoisotopic (exact) mass is 294 g/mol. The van der Waals surface area contributed by atoms with E-state index in [9.17, 15) is 4.39 Å². The van der Waals surface area contributed by atoms with Crippen molar-refractivity contribution in [1.82, 2.24) is 0 Å². The summed E-state index contributed by atoms with van der Waals surface area (Å²) >= 11 is 3.38. The minimum absolute atomic E-state index is 0.262. The number of rotatable bonds is 3. The summed E-state index contributed by atoms with van der Waals surface area (Å²) in [5, 5.41) is 0.677. The molecule has 0 N–H and O–H groups in total. The van der Waals surface area contributed by atoms with Gasteiger partial charge < -0.3 is 4.74 Å². The van der Waals surface area contributed by atoms with E-state index in [1.807, 2.05) is 24.3 Å². The average Bonchev–Trinajstić information content (AvgIpc) is 2.35. The molecule has 0 saturated heterocycles. The normalized spacial score (nSPS) is 10.3. The first-order valence-electron chi connectivity index (χ1n) is 5.29. The number of benzene rings is 2. The van der Waals surface area contributed by atoms with Crippen LogP contribution in [-0.2, 0) is 5.33 Å². The van der Waals surface area contributed by atoms with Gasteiger partial charge in [-0.2, -0.15) is 0 Å². The molecule has 2 aromatic carbocycles. The van der Waals surface area contributed by atoms with Crippen molar-refractivity contribution in [2.75, 3.05) is 0 Å². The number of aryl methyl sites for hydroxylation is 1. The van der Waals surface area contributed by atoms with Crippen LogP contribution in [0.15, 0.2) is 42.5 Å². The zero-order chi connectivity index (χ0) is 12.3. The third-order valence-electron chi connectivity index (χ3n) is 2.49. The number of ether oxygens (including phenoxy) is 1. The van der Waals surface area contributed by atoms with Crippen LogP contribution in [0.3, 0.4) is 0 Å². The highest BCUT2D eigenvalue weighted by molar-refractivity contribution is 9.08. The number of hydrogen-bond acceptors (Lipinski definition) is 1. The van der Waals surface area contributed by atoms with Gasteiger partial charge in [-0.15, -0.1) is 0 Å². The molecular weight excluding hydrogens is 283 g/mol. The van der Waals surface area contributed by atoms with Crippen molar-refractivity contribution in [3.63, 3.8) is 0 Å². The van der Waals surface area contributed by atoms with E-state index < -0.39 is 0 Å². The van der Waals surface area contributed by atoms with Gasteiger partial charge in [-0.3, -0.25) is 0 Å². The predicted octanol–water partition coefficient (Wildman–Crippen LogP) is 4.82. The summed E-state index contributed by atoms with van der Waals surface area (Å²) in [4.78, 5) is 0. The molecule has 0 spiro atoms. The van der Waals surface area contributed by atoms with Gasteiger partial charge in [0.05, 0.1) is 0 Å². The van der Waals surface area contributed by atoms with E-state index in [1.165, 1.54) is 0 Å². The molecule has 3 heteroatoms. The largest absolute Gasteiger partial charge is 0.454 e. The summed E-state index contributed by atoms with van der Waals surface area (Å²) < 4.78 is 19.4. The summed E-state index contributed by atoms with van der Waals surface area (Å²) in [5.41, 5.74) is 1.58. The highest BCUT2D eigenvalue weighted by atomic mass is 79.9. The first kappa shape index (κ1) is 12.1. The molecule has 0 amide bonds. The SMILES string of the molecule is Cc1cccc(Oc2ccccc2CBr)c1F. The molecule has 0 bridgehead atoms. The molecule has 0 aliphatic carbocycles. The lowest BCUT2D eigenvalue weighted by Crippen LogP contribution is -1.93. The van der Waals surface area contributed by atoms with E-state index in [0.29, 0.717) is 16.6 Å². The Bertz CT molecular complexity index is 525. The van der Waals surface area contributed by atoms with E-state index in [0.717, 1.165) is 5.56 Å². The predicted molar refractivity (Wildman–Crippen MR) is 70.3 cm³/mol. The van der Waals surface area contributed by atoms with Gasteiger partial charge in [-0.05, 0) is 24.6 Å². The lowest BCUT2D eigenvalue weighted by molar-refractivity contribution is 0.437. The Morgan fingerprint density at radius 3 is 2.53 bits per heavy atom. The van der Waals surface area contributed by atoms with Crippen molar-refractivity contribution in [3.05, 3.63) is 59.4 Å². The summed E-state index contributed by atoms with van der Waals surface area (Å²) in [7, 11) is 0. The Kier molecular flexibility index (Phi) is 3.79. The van der Waals surface area contributed by atoms with Crippen LogP contribution in [0.2, 0.25) is 0 Å². The van der Waals surface area contributed by atoms with Gasteiger partial charge in [0.25, 0.3) is 0 Å². The van der Waals surface area contributed by atoms with Crippen molar-refractivity contribution < 1.29 is 9.13 Å². The second-order valence-electron chi connectivity index (χ2n) is 3.73. The van der Waals surface area contributed by atoms with Crippen LogP contribution in [0.5, 0.6) is 11.5 Å². The highest BCUT2D eigenvalue weighted by Gasteiger charge is 2.08. The smallest absolute Gasteiger partial charge is 0.168 e. The summed E-state index contributed by atoms with van der Waals surface area (Å²) in [5.74, 6) is 0.629. The van der Waals surface area contributed by atoms with E-state index in [4.69, 9.17) is 4.74 Å². The van der Waals surface area contributed by atoms with Crippen LogP contribution in [-0.4, -0.2) is 0 Å². The standard InChI is InChI=1S/C14H12BrFO/c1-10-5-4-8-13(14(10)16)17-12-7-3-2-6-11(12)9-15/h2-8H,9H2,1H3. The molecule has 0 aliphatic rings. The lowest BCUT2D eigenvalue weighted by Gasteiger charge is -2.10. The maximum atomic E-state index is 13.8. The molecule has 88 valence electrons. The molecule has 0 atom stereocenters. The van der Waals surface area contributed by atoms with Crippen LogP contribution < -0.4 is 4.74 Å². The Hall–Kier alpha value is -1.35. The van der Waals surface area contributed by atoms with Crippen LogP contribution in [0, 0.1) is 12.7 Å². The van der Waals surface area contributed by atoms with Crippen LogP contribution in [0.25, 0.3) is 0 Å². The van der Waals surface area contributed by atoms with Crippen molar-refractivity contribution in [2.24, 2.45) is 0 Å². The van der Waals surface area contributed by atoms with E-state index >= 15 is 0 Å². The van der Waals surface area contributed by atoms with Crippen molar-refractivity contribution in [2.45, 2.75) is 12.3 Å². The lowest BCUT2D eigenvalue weighted by atomic mass is 10.2. The Morgan fingerprint density at radius 2 is 1.76 bits per heavy atom. The zero-order valence-electron chi connectivity index (χ0n) is 9.41. The van der Waals surface area contributed by atoms with Gasteiger partial charge in [0.2, 0.25) is 0 Å². The van der Waals surface area contributed by atoms with Gasteiger partial charge in [0.15, 0.2) is 11.6 Å². The molecule has 0 fully saturated rings. The molecule has 0 saturated carbocycles. The third kappa shape index (κ3) is 2.67. The molecule has 0 aromatic heterocycles. The first-order chi connectivity index (χ1) is 8.22. The average molecular weight is 295 g/mol. The van der Waals surface area contributed by atoms with Gasteiger partial charge in [0.1, 0.15) is 5.75 Å². The number of para-hydroxylation sites is 1. The van der Waals surface area contributed by atoms with Crippen molar-refractivity contribution in [3.8, 4) is 11.5 Å². The van der Waals surface area contributed by atoms with E-state index in [1.54, 1.807) is 25.1 Å². The van der Waals surface area contributed by atoms with Crippen LogP contribution in [0.4, 0.5) is 4.39 Å². The summed E-state index contributed by atoms with van der Waals surface area (Å²) in [6.07, 6.45) is 0. The molecule has 2 aromatic rings. The van der Waals surface area contributed by atoms with Gasteiger partial charge in [-0.1, -0.05) is 46.3 Å². The fraction of sp³-hybridized carbons (Fsp3) is 0.143. The molecule has 0 radical (unpaired) electrons. The molecule has 0 aliphatic heterocycles. The van der Waals surface area contributed by atoms with Gasteiger partial charge >= 0.3 is 0 Å². The second-order valence-corrected chi connectivity index (χ2v) is 4.29. The molecule has 17 heavy (non-hydrogen) atoms. The molecule has 1 nitrogen and oxygen atoms in total. The van der Waals surface area contributed by atoms with Crippen LogP contribution in [0.1, 0.15) is 11.1 Å². The van der Waals surface area contributed by atoms with Crippen LogP contribution >= 0.6 is 15.9 Å². The Morgan fingerprint density at radius 1 is 1.06 bits per heavy atom. The van der Waals surface area contributed by atoms with Crippen molar-refractivity contribution in [1.29, 1.82) is 0 Å². The minimum atomic E-state index is -0.308. The first-order valence-corrected chi connectivity index (χ1v) is 6.41. The zero-order valence-corrected chi connectivity index (χ0v) is 11.0. The molecule has 0 heterocycles. The molecular formula is C14H12BrFO. The highest BCUT2D eigenvalue weighted by Crippen LogP contribution is 2.29. The molecule has 2 rings (SSSR count). The topological polar surface area (TPSA) is 9.23 Å². The fourth-order valence-electron chi connectivity index (χ4n) is 1.53. The summed E-state index contributed by atoms with van der Waals surface area (Å²) in [6.45, 7) is 1.72. The fourth-order valence-corrected chi connectivity index (χ4v) is 1.99. The Balaban J connectivity index is 2.35. The van der Waals surface area contributed by atoms with Gasteiger partial charge in [0, 0.05) is 10.9 Å². The number of alkyl halides is 1. The van der Waals surface area contributed by atoms with Gasteiger partial charge in [-0.25, -0.2) is 4.39 Å². The van der Waals surface area contributed by atoms with E-state index in [2.05, 4.69) is 15.9 Å². The maximum Gasteiger partial charge on any atom is 0.168 e. The molecule has 0 unspecified atom stereocenters. The number of halogens is 2. The summed E-state index contributed by atoms with van der Waals surface area (Å²) in [6, 6.07) is 12.7. The van der Waals surface area contributed by atoms with Crippen molar-refractivity contribution >= 4 is 15.9 Å². The number of hydrogen-bond donors (Lipinski definition) is 0. The third-order valence-corrected chi connectivity index (χ3v) is 3.10. The second kappa shape index (κ2) is 5.32.